The van der Waals surface area contributed by atoms with Gasteiger partial charge in [-0.05, 0) is 61.7 Å². The average molecular weight is 487 g/mol. The molecule has 2 aromatic carbocycles. The van der Waals surface area contributed by atoms with E-state index in [0.717, 1.165) is 27.7 Å². The molecule has 0 aliphatic carbocycles. The Labute approximate surface area is 204 Å². The van der Waals surface area contributed by atoms with Crippen molar-refractivity contribution in [3.63, 3.8) is 0 Å². The summed E-state index contributed by atoms with van der Waals surface area (Å²) >= 11 is 6.26. The minimum Gasteiger partial charge on any atom is -0.493 e. The summed E-state index contributed by atoms with van der Waals surface area (Å²) in [5.74, 6) is 0.618. The Bertz CT molecular complexity index is 1150. The van der Waals surface area contributed by atoms with Crippen molar-refractivity contribution < 1.29 is 24.5 Å². The van der Waals surface area contributed by atoms with Crippen molar-refractivity contribution in [2.24, 2.45) is 5.41 Å². The Balaban J connectivity index is 1.69. The number of halogens is 1. The number of hydrogen-bond acceptors (Lipinski definition) is 5. The van der Waals surface area contributed by atoms with Crippen LogP contribution >= 0.6 is 11.6 Å². The third-order valence-corrected chi connectivity index (χ3v) is 6.44. The average Bonchev–Trinajstić information content (AvgIpc) is 3.19. The number of aliphatic hydroxyl groups is 2. The third-order valence-electron chi connectivity index (χ3n) is 6.21. The largest absolute Gasteiger partial charge is 0.493 e. The summed E-state index contributed by atoms with van der Waals surface area (Å²) in [5.41, 5.74) is 3.27. The van der Waals surface area contributed by atoms with Crippen molar-refractivity contribution >= 4 is 28.6 Å². The first kappa shape index (κ1) is 24.4. The number of rotatable bonds is 7. The fourth-order valence-electron chi connectivity index (χ4n) is 4.22. The molecule has 1 aliphatic heterocycles. The van der Waals surface area contributed by atoms with Gasteiger partial charge >= 0.3 is 6.09 Å². The molecule has 0 saturated carbocycles. The number of nitrogens with one attached hydrogen (secondary N) is 1. The molecule has 7 nitrogen and oxygen atoms in total. The number of carbonyl (C=O) groups is 1. The summed E-state index contributed by atoms with van der Waals surface area (Å²) in [6.45, 7) is 5.78. The monoisotopic (exact) mass is 486 g/mol. The maximum Gasteiger partial charge on any atom is 0.410 e. The predicted molar refractivity (Wildman–Crippen MR) is 131 cm³/mol. The fourth-order valence-corrected chi connectivity index (χ4v) is 4.39. The molecule has 8 heteroatoms. The van der Waals surface area contributed by atoms with Crippen LogP contribution in [0.25, 0.3) is 10.9 Å². The Morgan fingerprint density at radius 3 is 2.56 bits per heavy atom. The van der Waals surface area contributed by atoms with Gasteiger partial charge in [-0.1, -0.05) is 30.7 Å². The lowest BCUT2D eigenvalue weighted by molar-refractivity contribution is 0.0287. The summed E-state index contributed by atoms with van der Waals surface area (Å²) < 4.78 is 11.4. The normalized spacial score (nSPS) is 16.1. The minimum absolute atomic E-state index is 0.177. The summed E-state index contributed by atoms with van der Waals surface area (Å²) in [4.78, 5) is 18.3. The lowest BCUT2D eigenvalue weighted by Crippen LogP contribution is -2.41. The molecule has 1 unspecified atom stereocenters. The van der Waals surface area contributed by atoms with Gasteiger partial charge in [-0.3, -0.25) is 4.90 Å². The standard InChI is InChI=1S/C26H31ClN2O5/c1-16(2)34-25(32)29-11-10-20-21-12-18(27)6-9-22(21)28-23(20)24(29)17-4-7-19(8-5-17)33-15-26(3,13-30)14-31/h4-9,12,16,24,28,30-31H,10-11,13-15H2,1-3H3. The second-order valence-corrected chi connectivity index (χ2v) is 9.91. The molecule has 0 spiro atoms. The van der Waals surface area contributed by atoms with Gasteiger partial charge in [0.1, 0.15) is 11.8 Å². The number of hydrogen-bond donors (Lipinski definition) is 3. The number of amides is 1. The van der Waals surface area contributed by atoms with E-state index in [1.807, 2.05) is 56.3 Å². The SMILES string of the molecule is CC(C)OC(=O)N1CCc2c([nH]c3ccc(Cl)cc23)C1c1ccc(OCC(C)(CO)CO)cc1. The van der Waals surface area contributed by atoms with Crippen LogP contribution in [0, 0.1) is 5.41 Å². The van der Waals surface area contributed by atoms with Crippen molar-refractivity contribution in [3.8, 4) is 5.75 Å². The van der Waals surface area contributed by atoms with Crippen molar-refractivity contribution in [1.82, 2.24) is 9.88 Å². The van der Waals surface area contributed by atoms with Crippen molar-refractivity contribution in [1.29, 1.82) is 0 Å². The van der Waals surface area contributed by atoms with E-state index in [1.54, 1.807) is 11.8 Å². The minimum atomic E-state index is -0.722. The van der Waals surface area contributed by atoms with Crippen LogP contribution in [0.3, 0.4) is 0 Å². The van der Waals surface area contributed by atoms with Crippen LogP contribution in [0.4, 0.5) is 4.79 Å². The van der Waals surface area contributed by atoms with E-state index in [2.05, 4.69) is 4.98 Å². The zero-order valence-corrected chi connectivity index (χ0v) is 20.4. The summed E-state index contributed by atoms with van der Waals surface area (Å²) in [5, 5.41) is 20.7. The van der Waals surface area contributed by atoms with Gasteiger partial charge in [0, 0.05) is 33.6 Å². The zero-order chi connectivity index (χ0) is 24.5. The van der Waals surface area contributed by atoms with Crippen LogP contribution in [0.5, 0.6) is 5.75 Å². The maximum atomic E-state index is 13.0. The van der Waals surface area contributed by atoms with Gasteiger partial charge in [-0.25, -0.2) is 4.79 Å². The molecule has 1 atom stereocenters. The number of benzene rings is 2. The van der Waals surface area contributed by atoms with Crippen LogP contribution in [0.2, 0.25) is 5.02 Å². The van der Waals surface area contributed by atoms with E-state index >= 15 is 0 Å². The lowest BCUT2D eigenvalue weighted by atomic mass is 9.92. The van der Waals surface area contributed by atoms with Crippen molar-refractivity contribution in [2.45, 2.75) is 39.3 Å². The molecular formula is C26H31ClN2O5. The van der Waals surface area contributed by atoms with Gasteiger partial charge in [0.2, 0.25) is 0 Å². The van der Waals surface area contributed by atoms with Gasteiger partial charge < -0.3 is 24.7 Å². The molecule has 34 heavy (non-hydrogen) atoms. The van der Waals surface area contributed by atoms with E-state index in [1.165, 1.54) is 0 Å². The number of H-pyrrole nitrogens is 1. The highest BCUT2D eigenvalue weighted by Crippen LogP contribution is 2.40. The van der Waals surface area contributed by atoms with Crippen LogP contribution in [0.1, 0.15) is 43.6 Å². The Kier molecular flexibility index (Phi) is 7.07. The third kappa shape index (κ3) is 4.87. The highest BCUT2D eigenvalue weighted by Gasteiger charge is 2.36. The van der Waals surface area contributed by atoms with Gasteiger partial charge in [0.05, 0.1) is 25.9 Å². The van der Waals surface area contributed by atoms with E-state index in [9.17, 15) is 15.0 Å². The van der Waals surface area contributed by atoms with Crippen molar-refractivity contribution in [2.75, 3.05) is 26.4 Å². The molecule has 3 aromatic rings. The second kappa shape index (κ2) is 9.86. The predicted octanol–water partition coefficient (Wildman–Crippen LogP) is 4.68. The molecule has 2 heterocycles. The van der Waals surface area contributed by atoms with Gasteiger partial charge in [-0.2, -0.15) is 0 Å². The summed E-state index contributed by atoms with van der Waals surface area (Å²) in [6.07, 6.45) is 0.116. The maximum absolute atomic E-state index is 13.0. The smallest absolute Gasteiger partial charge is 0.410 e. The second-order valence-electron chi connectivity index (χ2n) is 9.47. The quantitative estimate of drug-likeness (QED) is 0.450. The van der Waals surface area contributed by atoms with Gasteiger partial charge in [0.15, 0.2) is 0 Å². The highest BCUT2D eigenvalue weighted by molar-refractivity contribution is 6.31. The number of ether oxygens (including phenoxy) is 2. The summed E-state index contributed by atoms with van der Waals surface area (Å²) in [7, 11) is 0. The number of aromatic nitrogens is 1. The molecule has 4 rings (SSSR count). The van der Waals surface area contributed by atoms with E-state index < -0.39 is 5.41 Å². The Morgan fingerprint density at radius 2 is 1.91 bits per heavy atom. The Morgan fingerprint density at radius 1 is 1.21 bits per heavy atom. The molecule has 1 aromatic heterocycles. The number of aliphatic hydroxyl groups excluding tert-OH is 2. The molecule has 0 saturated heterocycles. The number of carbonyl (C=O) groups excluding carboxylic acids is 1. The zero-order valence-electron chi connectivity index (χ0n) is 19.7. The molecule has 0 radical (unpaired) electrons. The van der Waals surface area contributed by atoms with Crippen LogP contribution in [0.15, 0.2) is 42.5 Å². The fraction of sp³-hybridized carbons (Fsp3) is 0.423. The molecule has 0 fully saturated rings. The van der Waals surface area contributed by atoms with Crippen LogP contribution in [-0.4, -0.2) is 58.7 Å². The lowest BCUT2D eigenvalue weighted by Gasteiger charge is -2.36. The van der Waals surface area contributed by atoms with E-state index in [4.69, 9.17) is 21.1 Å². The van der Waals surface area contributed by atoms with Crippen LogP contribution in [-0.2, 0) is 11.2 Å². The molecule has 0 bridgehead atoms. The first-order chi connectivity index (χ1) is 16.2. The van der Waals surface area contributed by atoms with Gasteiger partial charge in [-0.15, -0.1) is 0 Å². The van der Waals surface area contributed by atoms with Crippen LogP contribution < -0.4 is 4.74 Å². The van der Waals surface area contributed by atoms with Crippen molar-refractivity contribution in [3.05, 3.63) is 64.3 Å². The number of fused-ring (bicyclic) bond motifs is 3. The molecule has 1 aliphatic rings. The van der Waals surface area contributed by atoms with E-state index in [0.29, 0.717) is 23.7 Å². The molecular weight excluding hydrogens is 456 g/mol. The molecule has 1 amide bonds. The first-order valence-corrected chi connectivity index (χ1v) is 11.8. The Hall–Kier alpha value is -2.74. The number of aromatic amines is 1. The molecule has 3 N–H and O–H groups in total. The first-order valence-electron chi connectivity index (χ1n) is 11.5. The summed E-state index contributed by atoms with van der Waals surface area (Å²) in [6, 6.07) is 13.0. The van der Waals surface area contributed by atoms with E-state index in [-0.39, 0.29) is 38.1 Å². The molecule has 182 valence electrons. The topological polar surface area (TPSA) is 95.0 Å². The van der Waals surface area contributed by atoms with Gasteiger partial charge in [0.25, 0.3) is 0 Å². The number of nitrogens with zero attached hydrogens (tertiary/aromatic N) is 1. The highest BCUT2D eigenvalue weighted by atomic mass is 35.5.